The van der Waals surface area contributed by atoms with E-state index in [1.165, 1.54) is 4.90 Å². The van der Waals surface area contributed by atoms with Gasteiger partial charge in [0, 0.05) is 5.69 Å². The Balaban J connectivity index is 1.80. The number of aldehydes is 1. The monoisotopic (exact) mass is 373 g/mol. The molecule has 1 heterocycles. The zero-order chi connectivity index (χ0) is 18.6. The van der Waals surface area contributed by atoms with Crippen LogP contribution in [0, 0.1) is 0 Å². The molecular weight excluding hydrogens is 354 g/mol. The molecule has 26 heavy (non-hydrogen) atoms. The fraction of sp³-hybridized carbons (Fsp3) is 0.263. The minimum atomic E-state index is -3.14. The van der Waals surface area contributed by atoms with E-state index in [0.717, 1.165) is 0 Å². The normalized spacial score (nSPS) is 18.2. The van der Waals surface area contributed by atoms with Crippen LogP contribution in [0.2, 0.25) is 0 Å². The van der Waals surface area contributed by atoms with Gasteiger partial charge in [-0.3, -0.25) is 9.59 Å². The summed E-state index contributed by atoms with van der Waals surface area (Å²) in [4.78, 5) is 25.4. The van der Waals surface area contributed by atoms with E-state index in [0.29, 0.717) is 29.7 Å². The number of nitrogens with zero attached hydrogens (tertiary/aromatic N) is 1. The maximum Gasteiger partial charge on any atom is 0.265 e. The molecule has 1 amide bonds. The van der Waals surface area contributed by atoms with E-state index in [1.807, 2.05) is 6.07 Å². The van der Waals surface area contributed by atoms with Gasteiger partial charge in [0.25, 0.3) is 5.91 Å². The van der Waals surface area contributed by atoms with E-state index in [4.69, 9.17) is 4.74 Å². The third-order valence-electron chi connectivity index (χ3n) is 4.27. The van der Waals surface area contributed by atoms with Gasteiger partial charge in [-0.25, -0.2) is 8.42 Å². The Morgan fingerprint density at radius 3 is 2.46 bits per heavy atom. The van der Waals surface area contributed by atoms with E-state index in [9.17, 15) is 18.0 Å². The molecule has 1 aliphatic heterocycles. The van der Waals surface area contributed by atoms with Crippen molar-refractivity contribution < 1.29 is 22.7 Å². The molecule has 0 saturated carbocycles. The van der Waals surface area contributed by atoms with Crippen molar-refractivity contribution in [1.82, 2.24) is 0 Å². The molecule has 1 fully saturated rings. The van der Waals surface area contributed by atoms with E-state index < -0.39 is 15.9 Å². The molecule has 136 valence electrons. The SMILES string of the molecule is O=Cc1ccccc1OCC(=O)N(c1ccccc1)[C@@H]1CCS(=O)(=O)C1. The topological polar surface area (TPSA) is 80.8 Å². The van der Waals surface area contributed by atoms with Gasteiger partial charge in [-0.15, -0.1) is 0 Å². The maximum atomic E-state index is 12.8. The number of para-hydroxylation sites is 2. The zero-order valence-corrected chi connectivity index (χ0v) is 14.9. The predicted octanol–water partition coefficient (Wildman–Crippen LogP) is 2.10. The van der Waals surface area contributed by atoms with Gasteiger partial charge in [-0.1, -0.05) is 30.3 Å². The zero-order valence-electron chi connectivity index (χ0n) is 14.1. The number of sulfone groups is 1. The average molecular weight is 373 g/mol. The molecule has 2 aromatic rings. The molecule has 1 aliphatic rings. The number of hydrogen-bond acceptors (Lipinski definition) is 5. The van der Waals surface area contributed by atoms with Crippen molar-refractivity contribution in [3.05, 3.63) is 60.2 Å². The number of rotatable bonds is 6. The van der Waals surface area contributed by atoms with Gasteiger partial charge in [0.1, 0.15) is 5.75 Å². The van der Waals surface area contributed by atoms with E-state index in [-0.39, 0.29) is 24.0 Å². The second kappa shape index (κ2) is 7.70. The summed E-state index contributed by atoms with van der Waals surface area (Å²) in [6.45, 7) is -0.281. The quantitative estimate of drug-likeness (QED) is 0.725. The van der Waals surface area contributed by atoms with Crippen molar-refractivity contribution in [2.75, 3.05) is 23.0 Å². The minimum absolute atomic E-state index is 0.0570. The number of ether oxygens (including phenoxy) is 1. The first-order chi connectivity index (χ1) is 12.5. The number of carbonyl (C=O) groups excluding carboxylic acids is 2. The molecule has 0 N–H and O–H groups in total. The molecule has 1 atom stereocenters. The first-order valence-electron chi connectivity index (χ1n) is 8.25. The summed E-state index contributed by atoms with van der Waals surface area (Å²) in [6.07, 6.45) is 1.06. The highest BCUT2D eigenvalue weighted by Crippen LogP contribution is 2.25. The number of anilines is 1. The highest BCUT2D eigenvalue weighted by atomic mass is 32.2. The lowest BCUT2D eigenvalue weighted by molar-refractivity contribution is -0.121. The summed E-state index contributed by atoms with van der Waals surface area (Å²) >= 11 is 0. The molecule has 0 aromatic heterocycles. The Kier molecular flexibility index (Phi) is 5.37. The molecule has 0 bridgehead atoms. The van der Waals surface area contributed by atoms with E-state index in [2.05, 4.69) is 0 Å². The second-order valence-corrected chi connectivity index (χ2v) is 8.33. The molecule has 7 heteroatoms. The molecule has 0 aliphatic carbocycles. The third kappa shape index (κ3) is 4.11. The van der Waals surface area contributed by atoms with Gasteiger partial charge in [-0.2, -0.15) is 0 Å². The average Bonchev–Trinajstić information content (AvgIpc) is 3.00. The maximum absolute atomic E-state index is 12.8. The van der Waals surface area contributed by atoms with Crippen molar-refractivity contribution in [1.29, 1.82) is 0 Å². The third-order valence-corrected chi connectivity index (χ3v) is 6.02. The van der Waals surface area contributed by atoms with Crippen LogP contribution in [0.1, 0.15) is 16.8 Å². The van der Waals surface area contributed by atoms with Gasteiger partial charge in [0.15, 0.2) is 22.7 Å². The lowest BCUT2D eigenvalue weighted by Gasteiger charge is -2.28. The van der Waals surface area contributed by atoms with Crippen LogP contribution < -0.4 is 9.64 Å². The summed E-state index contributed by atoms with van der Waals surface area (Å²) in [5.74, 6) is -0.0105. The molecular formula is C19H19NO5S. The van der Waals surface area contributed by atoms with Crippen molar-refractivity contribution in [3.8, 4) is 5.75 Å². The highest BCUT2D eigenvalue weighted by Gasteiger charge is 2.35. The van der Waals surface area contributed by atoms with Gasteiger partial charge < -0.3 is 9.64 Å². The molecule has 0 spiro atoms. The van der Waals surface area contributed by atoms with Gasteiger partial charge in [-0.05, 0) is 30.7 Å². The van der Waals surface area contributed by atoms with E-state index in [1.54, 1.807) is 48.5 Å². The molecule has 3 rings (SSSR count). The summed E-state index contributed by atoms with van der Waals surface area (Å²) in [5.41, 5.74) is 0.988. The Hall–Kier alpha value is -2.67. The Bertz CT molecular complexity index is 895. The second-order valence-electron chi connectivity index (χ2n) is 6.10. The molecule has 0 radical (unpaired) electrons. The van der Waals surface area contributed by atoms with Gasteiger partial charge in [0.05, 0.1) is 23.1 Å². The molecule has 2 aromatic carbocycles. The van der Waals surface area contributed by atoms with Crippen LogP contribution in [-0.2, 0) is 14.6 Å². The fourth-order valence-corrected chi connectivity index (χ4v) is 4.74. The van der Waals surface area contributed by atoms with Crippen molar-refractivity contribution >= 4 is 27.7 Å². The van der Waals surface area contributed by atoms with Crippen molar-refractivity contribution in [3.63, 3.8) is 0 Å². The minimum Gasteiger partial charge on any atom is -0.483 e. The number of amides is 1. The summed E-state index contributed by atoms with van der Waals surface area (Å²) in [6, 6.07) is 15.2. The molecule has 1 saturated heterocycles. The molecule has 0 unspecified atom stereocenters. The number of carbonyl (C=O) groups is 2. The van der Waals surface area contributed by atoms with Gasteiger partial charge >= 0.3 is 0 Å². The van der Waals surface area contributed by atoms with Crippen LogP contribution in [-0.4, -0.2) is 44.8 Å². The predicted molar refractivity (Wildman–Crippen MR) is 98.3 cm³/mol. The standard InChI is InChI=1S/C19H19NO5S/c21-12-15-6-4-5-9-18(15)25-13-19(22)20(16-7-2-1-3-8-16)17-10-11-26(23,24)14-17/h1-9,12,17H,10-11,13-14H2/t17-/m1/s1. The first-order valence-corrected chi connectivity index (χ1v) is 10.1. The first kappa shape index (κ1) is 18.1. The van der Waals surface area contributed by atoms with Crippen LogP contribution in [0.25, 0.3) is 0 Å². The van der Waals surface area contributed by atoms with Crippen molar-refractivity contribution in [2.45, 2.75) is 12.5 Å². The lowest BCUT2D eigenvalue weighted by Crippen LogP contribution is -2.43. The van der Waals surface area contributed by atoms with Crippen LogP contribution in [0.4, 0.5) is 5.69 Å². The van der Waals surface area contributed by atoms with Gasteiger partial charge in [0.2, 0.25) is 0 Å². The van der Waals surface area contributed by atoms with Crippen molar-refractivity contribution in [2.24, 2.45) is 0 Å². The summed E-state index contributed by atoms with van der Waals surface area (Å²) in [5, 5.41) is 0. The van der Waals surface area contributed by atoms with Crippen LogP contribution in [0.3, 0.4) is 0 Å². The summed E-state index contributed by atoms with van der Waals surface area (Å²) in [7, 11) is -3.14. The highest BCUT2D eigenvalue weighted by molar-refractivity contribution is 7.91. The van der Waals surface area contributed by atoms with Crippen LogP contribution >= 0.6 is 0 Å². The smallest absolute Gasteiger partial charge is 0.265 e. The number of hydrogen-bond donors (Lipinski definition) is 0. The fourth-order valence-electron chi connectivity index (χ4n) is 3.04. The molecule has 6 nitrogen and oxygen atoms in total. The Morgan fingerprint density at radius 2 is 1.81 bits per heavy atom. The Morgan fingerprint density at radius 1 is 1.12 bits per heavy atom. The van der Waals surface area contributed by atoms with Crippen LogP contribution in [0.15, 0.2) is 54.6 Å². The number of benzene rings is 2. The van der Waals surface area contributed by atoms with Crippen LogP contribution in [0.5, 0.6) is 5.75 Å². The summed E-state index contributed by atoms with van der Waals surface area (Å²) < 4.78 is 29.2. The largest absolute Gasteiger partial charge is 0.483 e. The van der Waals surface area contributed by atoms with E-state index >= 15 is 0 Å². The Labute approximate surface area is 152 Å². The lowest BCUT2D eigenvalue weighted by atomic mass is 10.2.